The number of methoxy groups -OCH3 is 1. The number of carbonyl (C=O) groups excluding carboxylic acids is 1. The Morgan fingerprint density at radius 1 is 1.05 bits per heavy atom. The number of aromatic amines is 1. The molecule has 0 radical (unpaired) electrons. The Bertz CT molecular complexity index is 1840. The van der Waals surface area contributed by atoms with Gasteiger partial charge in [-0.2, -0.15) is 0 Å². The number of likely N-dealkylation sites (tertiary alicyclic amines) is 1. The van der Waals surface area contributed by atoms with Gasteiger partial charge in [0.2, 0.25) is 0 Å². The van der Waals surface area contributed by atoms with Crippen molar-refractivity contribution in [2.75, 3.05) is 38.1 Å². The maximum absolute atomic E-state index is 13.5. The zero-order chi connectivity index (χ0) is 31.4. The summed E-state index contributed by atoms with van der Waals surface area (Å²) < 4.78 is 48.0. The molecule has 44 heavy (non-hydrogen) atoms. The van der Waals surface area contributed by atoms with Gasteiger partial charge in [-0.3, -0.25) is 14.3 Å². The number of H-pyrrole nitrogens is 1. The van der Waals surface area contributed by atoms with E-state index in [4.69, 9.17) is 14.2 Å². The molecule has 1 amide bonds. The van der Waals surface area contributed by atoms with E-state index in [1.165, 1.54) is 42.0 Å². The van der Waals surface area contributed by atoms with Gasteiger partial charge >= 0.3 is 0 Å². The van der Waals surface area contributed by atoms with E-state index in [1.54, 1.807) is 24.8 Å². The number of hydrogen-bond acceptors (Lipinski definition) is 9. The number of benzene rings is 2. The third kappa shape index (κ3) is 6.34. The van der Waals surface area contributed by atoms with Crippen LogP contribution in [0.5, 0.6) is 17.2 Å². The minimum absolute atomic E-state index is 0.0789. The summed E-state index contributed by atoms with van der Waals surface area (Å²) in [5.41, 5.74) is 1.02. The Labute approximate surface area is 255 Å². The van der Waals surface area contributed by atoms with Crippen LogP contribution in [0.15, 0.2) is 46.1 Å². The quantitative estimate of drug-likeness (QED) is 0.241. The molecule has 2 N–H and O–H groups in total. The van der Waals surface area contributed by atoms with E-state index in [0.29, 0.717) is 47.1 Å². The molecule has 1 aliphatic rings. The van der Waals surface area contributed by atoms with Crippen LogP contribution in [0.2, 0.25) is 0 Å². The van der Waals surface area contributed by atoms with Crippen molar-refractivity contribution in [3.8, 4) is 28.6 Å². The zero-order valence-electron chi connectivity index (χ0n) is 25.2. The average Bonchev–Trinajstić information content (AvgIpc) is 3.65. The molecule has 0 aliphatic carbocycles. The van der Waals surface area contributed by atoms with Crippen molar-refractivity contribution < 1.29 is 27.4 Å². The third-order valence-electron chi connectivity index (χ3n) is 7.26. The first kappa shape index (κ1) is 30.9. The van der Waals surface area contributed by atoms with E-state index < -0.39 is 15.6 Å². The summed E-state index contributed by atoms with van der Waals surface area (Å²) in [6.07, 6.45) is 3.38. The smallest absolute Gasteiger partial charge is 0.277 e. The number of aromatic nitrogens is 4. The maximum Gasteiger partial charge on any atom is 0.277 e. The van der Waals surface area contributed by atoms with E-state index in [0.717, 1.165) is 32.4 Å². The van der Waals surface area contributed by atoms with Gasteiger partial charge in [-0.1, -0.05) is 6.92 Å². The summed E-state index contributed by atoms with van der Waals surface area (Å²) in [5, 5.41) is 4.63. The fourth-order valence-corrected chi connectivity index (χ4v) is 6.22. The minimum Gasteiger partial charge on any atom is -0.493 e. The van der Waals surface area contributed by atoms with Crippen LogP contribution in [0.3, 0.4) is 0 Å². The maximum atomic E-state index is 13.5. The summed E-state index contributed by atoms with van der Waals surface area (Å²) in [7, 11) is -2.69. The minimum atomic E-state index is -4.12. The predicted octanol–water partition coefficient (Wildman–Crippen LogP) is 3.55. The molecule has 1 saturated heterocycles. The van der Waals surface area contributed by atoms with Crippen LogP contribution >= 0.6 is 0 Å². The SMILES string of the molecule is CCCc1nc(C)c2c(=O)[nH]c(-c3cc(S(=O)(=O)Nc4ccc(OCC(=O)N5CCCC5)c(OC)c4)ccc3OCC)nn12. The van der Waals surface area contributed by atoms with Gasteiger partial charge < -0.3 is 24.1 Å². The van der Waals surface area contributed by atoms with Crippen LogP contribution in [0.25, 0.3) is 16.9 Å². The molecule has 1 fully saturated rings. The van der Waals surface area contributed by atoms with Gasteiger partial charge in [0, 0.05) is 25.6 Å². The Morgan fingerprint density at radius 3 is 2.50 bits per heavy atom. The lowest BCUT2D eigenvalue weighted by molar-refractivity contribution is -0.132. The molecule has 2 aromatic heterocycles. The van der Waals surface area contributed by atoms with Crippen molar-refractivity contribution in [1.82, 2.24) is 24.5 Å². The Kier molecular flexibility index (Phi) is 9.09. The number of hydrogen-bond donors (Lipinski definition) is 2. The standard InChI is InChI=1S/C30H36N6O7S/c1-5-9-26-31-19(3)28-30(38)32-29(33-36(26)28)22-17-21(11-13-23(22)42-6-2)44(39,40)34-20-10-12-24(25(16-20)41-4)43-18-27(37)35-14-7-8-15-35/h10-13,16-17,34H,5-9,14-15,18H2,1-4H3,(H,32,33,38). The third-order valence-corrected chi connectivity index (χ3v) is 8.64. The molecule has 0 spiro atoms. The van der Waals surface area contributed by atoms with Crippen molar-refractivity contribution in [3.05, 3.63) is 58.3 Å². The van der Waals surface area contributed by atoms with E-state index in [9.17, 15) is 18.0 Å². The molecule has 0 unspecified atom stereocenters. The topological polar surface area (TPSA) is 157 Å². The van der Waals surface area contributed by atoms with E-state index in [2.05, 4.69) is 19.8 Å². The Morgan fingerprint density at radius 2 is 1.80 bits per heavy atom. The lowest BCUT2D eigenvalue weighted by atomic mass is 10.2. The van der Waals surface area contributed by atoms with Gasteiger partial charge in [0.1, 0.15) is 11.6 Å². The van der Waals surface area contributed by atoms with Gasteiger partial charge in [0.05, 0.1) is 35.6 Å². The monoisotopic (exact) mass is 624 g/mol. The van der Waals surface area contributed by atoms with Crippen LogP contribution in [0.4, 0.5) is 5.69 Å². The van der Waals surface area contributed by atoms with Crippen molar-refractivity contribution in [2.45, 2.75) is 51.3 Å². The molecule has 14 heteroatoms. The van der Waals surface area contributed by atoms with Gasteiger partial charge in [-0.05, 0) is 63.4 Å². The van der Waals surface area contributed by atoms with Gasteiger partial charge in [0.15, 0.2) is 29.4 Å². The summed E-state index contributed by atoms with van der Waals surface area (Å²) in [6.45, 7) is 7.16. The number of nitrogens with one attached hydrogen (secondary N) is 2. The number of sulfonamides is 1. The average molecular weight is 625 g/mol. The van der Waals surface area contributed by atoms with Crippen molar-refractivity contribution >= 4 is 27.1 Å². The summed E-state index contributed by atoms with van der Waals surface area (Å²) in [6, 6.07) is 8.89. The molecule has 5 rings (SSSR count). The first-order valence-corrected chi connectivity index (χ1v) is 16.0. The number of anilines is 1. The van der Waals surface area contributed by atoms with E-state index in [-0.39, 0.29) is 34.7 Å². The van der Waals surface area contributed by atoms with Crippen LogP contribution in [0.1, 0.15) is 44.6 Å². The summed E-state index contributed by atoms with van der Waals surface area (Å²) in [4.78, 5) is 34.4. The molecule has 1 aliphatic heterocycles. The summed E-state index contributed by atoms with van der Waals surface area (Å²) >= 11 is 0. The Balaban J connectivity index is 1.44. The van der Waals surface area contributed by atoms with Crippen molar-refractivity contribution in [2.24, 2.45) is 0 Å². The molecule has 0 saturated carbocycles. The number of imidazole rings is 1. The van der Waals surface area contributed by atoms with E-state index >= 15 is 0 Å². The van der Waals surface area contributed by atoms with E-state index in [1.807, 2.05) is 6.92 Å². The highest BCUT2D eigenvalue weighted by Crippen LogP contribution is 2.33. The number of carbonyl (C=O) groups is 1. The lowest BCUT2D eigenvalue weighted by Crippen LogP contribution is -2.32. The van der Waals surface area contributed by atoms with Crippen LogP contribution < -0.4 is 24.5 Å². The van der Waals surface area contributed by atoms with Gasteiger partial charge in [-0.25, -0.2) is 17.9 Å². The first-order valence-electron chi connectivity index (χ1n) is 14.5. The highest BCUT2D eigenvalue weighted by molar-refractivity contribution is 7.92. The second kappa shape index (κ2) is 13.0. The summed E-state index contributed by atoms with van der Waals surface area (Å²) in [5.74, 6) is 1.60. The zero-order valence-corrected chi connectivity index (χ0v) is 26.0. The molecule has 2 aromatic carbocycles. The normalized spacial score (nSPS) is 13.3. The largest absolute Gasteiger partial charge is 0.493 e. The highest BCUT2D eigenvalue weighted by Gasteiger charge is 2.23. The van der Waals surface area contributed by atoms with Crippen molar-refractivity contribution in [1.29, 1.82) is 0 Å². The van der Waals surface area contributed by atoms with Gasteiger partial charge in [-0.15, -0.1) is 5.10 Å². The second-order valence-corrected chi connectivity index (χ2v) is 12.0. The second-order valence-electron chi connectivity index (χ2n) is 10.4. The van der Waals surface area contributed by atoms with Crippen LogP contribution in [0, 0.1) is 6.92 Å². The molecule has 0 bridgehead atoms. The molecular weight excluding hydrogens is 588 g/mol. The molecular formula is C30H36N6O7S. The fourth-order valence-electron chi connectivity index (χ4n) is 5.15. The molecule has 0 atom stereocenters. The lowest BCUT2D eigenvalue weighted by Gasteiger charge is -2.17. The number of fused-ring (bicyclic) bond motifs is 1. The predicted molar refractivity (Wildman–Crippen MR) is 164 cm³/mol. The molecule has 3 heterocycles. The Hall–Kier alpha value is -4.59. The number of aryl methyl sites for hydroxylation is 2. The van der Waals surface area contributed by atoms with Gasteiger partial charge in [0.25, 0.3) is 21.5 Å². The van der Waals surface area contributed by atoms with Crippen LogP contribution in [-0.2, 0) is 21.2 Å². The number of amides is 1. The highest BCUT2D eigenvalue weighted by atomic mass is 32.2. The fraction of sp³-hybridized carbons (Fsp3) is 0.400. The van der Waals surface area contributed by atoms with Crippen LogP contribution in [-0.4, -0.2) is 72.2 Å². The number of nitrogens with zero attached hydrogens (tertiary/aromatic N) is 4. The molecule has 13 nitrogen and oxygen atoms in total. The molecule has 234 valence electrons. The van der Waals surface area contributed by atoms with Crippen molar-refractivity contribution in [3.63, 3.8) is 0 Å². The number of rotatable bonds is 12. The first-order chi connectivity index (χ1) is 21.1. The molecule has 4 aromatic rings. The number of ether oxygens (including phenoxy) is 3.